The highest BCUT2D eigenvalue weighted by Gasteiger charge is 2.10. The van der Waals surface area contributed by atoms with Crippen molar-refractivity contribution >= 4 is 23.6 Å². The molecule has 1 aromatic heterocycles. The molecule has 1 heterocycles. The number of thioether (sulfide) groups is 1. The average Bonchev–Trinajstić information content (AvgIpc) is 2.69. The quantitative estimate of drug-likeness (QED) is 0.766. The molecule has 1 rings (SSSR count). The Morgan fingerprint density at radius 1 is 1.53 bits per heavy atom. The zero-order chi connectivity index (χ0) is 12.7. The molecule has 1 unspecified atom stereocenters. The molecule has 0 aliphatic rings. The number of aliphatic carboxylic acids is 1. The summed E-state index contributed by atoms with van der Waals surface area (Å²) < 4.78 is 5.16. The van der Waals surface area contributed by atoms with Crippen molar-refractivity contribution in [1.82, 2.24) is 5.32 Å². The van der Waals surface area contributed by atoms with Gasteiger partial charge in [-0.2, -0.15) is 0 Å². The normalized spacial score (nSPS) is 12.1. The number of carbonyl (C=O) groups excluding carboxylic acids is 1. The molecule has 1 atom stereocenters. The van der Waals surface area contributed by atoms with Crippen molar-refractivity contribution in [2.45, 2.75) is 19.4 Å². The van der Waals surface area contributed by atoms with Crippen LogP contribution in [-0.4, -0.2) is 34.5 Å². The van der Waals surface area contributed by atoms with Crippen molar-refractivity contribution < 1.29 is 19.1 Å². The number of amides is 1. The van der Waals surface area contributed by atoms with Crippen molar-refractivity contribution in [3.8, 4) is 0 Å². The van der Waals surface area contributed by atoms with E-state index in [9.17, 15) is 9.59 Å². The van der Waals surface area contributed by atoms with E-state index in [0.717, 1.165) is 17.5 Å². The Balaban J connectivity index is 2.19. The minimum absolute atomic E-state index is 0.0286. The molecule has 0 fully saturated rings. The van der Waals surface area contributed by atoms with E-state index in [0.29, 0.717) is 6.42 Å². The molecular formula is C11H15NO4S. The number of carbonyl (C=O) groups is 2. The van der Waals surface area contributed by atoms with Crippen LogP contribution >= 0.6 is 11.8 Å². The summed E-state index contributed by atoms with van der Waals surface area (Å²) >= 11 is 1.08. The van der Waals surface area contributed by atoms with E-state index >= 15 is 0 Å². The van der Waals surface area contributed by atoms with Crippen LogP contribution in [0.25, 0.3) is 0 Å². The van der Waals surface area contributed by atoms with Gasteiger partial charge >= 0.3 is 5.97 Å². The van der Waals surface area contributed by atoms with E-state index in [2.05, 4.69) is 5.32 Å². The molecule has 1 amide bonds. The Morgan fingerprint density at radius 3 is 2.88 bits per heavy atom. The van der Waals surface area contributed by atoms with Gasteiger partial charge in [0.1, 0.15) is 5.76 Å². The molecule has 0 aliphatic heterocycles. The highest BCUT2D eigenvalue weighted by atomic mass is 32.2. The molecule has 17 heavy (non-hydrogen) atoms. The molecule has 94 valence electrons. The Morgan fingerprint density at radius 2 is 2.29 bits per heavy atom. The van der Waals surface area contributed by atoms with Gasteiger partial charge in [0.05, 0.1) is 17.8 Å². The molecule has 0 radical (unpaired) electrons. The van der Waals surface area contributed by atoms with E-state index in [1.165, 1.54) is 0 Å². The monoisotopic (exact) mass is 257 g/mol. The van der Waals surface area contributed by atoms with Crippen LogP contribution in [0.3, 0.4) is 0 Å². The average molecular weight is 257 g/mol. The van der Waals surface area contributed by atoms with Crippen LogP contribution in [-0.2, 0) is 16.0 Å². The maximum absolute atomic E-state index is 11.4. The van der Waals surface area contributed by atoms with Gasteiger partial charge in [0.15, 0.2) is 0 Å². The van der Waals surface area contributed by atoms with Crippen molar-refractivity contribution in [3.63, 3.8) is 0 Å². The van der Waals surface area contributed by atoms with Gasteiger partial charge in [-0.3, -0.25) is 9.59 Å². The van der Waals surface area contributed by atoms with Crippen LogP contribution in [0.15, 0.2) is 22.8 Å². The van der Waals surface area contributed by atoms with Gasteiger partial charge in [0, 0.05) is 12.5 Å². The van der Waals surface area contributed by atoms with E-state index in [4.69, 9.17) is 9.52 Å². The maximum Gasteiger partial charge on any atom is 0.313 e. The molecule has 5 nitrogen and oxygen atoms in total. The molecular weight excluding hydrogens is 242 g/mol. The Bertz CT molecular complexity index is 364. The van der Waals surface area contributed by atoms with Crippen molar-refractivity contribution in [1.29, 1.82) is 0 Å². The zero-order valence-electron chi connectivity index (χ0n) is 9.51. The van der Waals surface area contributed by atoms with Crippen LogP contribution in [0.4, 0.5) is 0 Å². The predicted molar refractivity (Wildman–Crippen MR) is 65.0 cm³/mol. The molecule has 0 saturated carbocycles. The van der Waals surface area contributed by atoms with Crippen LogP contribution < -0.4 is 5.32 Å². The molecule has 1 aromatic rings. The first-order chi connectivity index (χ1) is 8.08. The standard InChI is InChI=1S/C11H15NO4S/c1-8(5-9-3-2-4-16-9)12-10(13)6-17-7-11(14)15/h2-4,8H,5-7H2,1H3,(H,12,13)(H,14,15). The smallest absolute Gasteiger partial charge is 0.313 e. The maximum atomic E-state index is 11.4. The van der Waals surface area contributed by atoms with Crippen molar-refractivity contribution in [3.05, 3.63) is 24.2 Å². The summed E-state index contributed by atoms with van der Waals surface area (Å²) in [6.07, 6.45) is 2.22. The Kier molecular flexibility index (Phi) is 5.62. The molecule has 0 spiro atoms. The first-order valence-electron chi connectivity index (χ1n) is 5.19. The van der Waals surface area contributed by atoms with Gasteiger partial charge in [0.25, 0.3) is 0 Å². The number of nitrogens with one attached hydrogen (secondary N) is 1. The number of hydrogen-bond acceptors (Lipinski definition) is 4. The summed E-state index contributed by atoms with van der Waals surface area (Å²) in [5.74, 6) is -0.146. The Hall–Kier alpha value is -1.43. The second-order valence-corrected chi connectivity index (χ2v) is 4.62. The highest BCUT2D eigenvalue weighted by Crippen LogP contribution is 2.04. The largest absolute Gasteiger partial charge is 0.481 e. The van der Waals surface area contributed by atoms with Gasteiger partial charge in [0.2, 0.25) is 5.91 Å². The summed E-state index contributed by atoms with van der Waals surface area (Å²) in [7, 11) is 0. The van der Waals surface area contributed by atoms with Gasteiger partial charge in [-0.1, -0.05) is 0 Å². The number of carboxylic acid groups (broad SMARTS) is 1. The lowest BCUT2D eigenvalue weighted by Gasteiger charge is -2.11. The number of hydrogen-bond donors (Lipinski definition) is 2. The van der Waals surface area contributed by atoms with Gasteiger partial charge in [-0.05, 0) is 19.1 Å². The molecule has 2 N–H and O–H groups in total. The molecule has 0 bridgehead atoms. The molecule has 0 aromatic carbocycles. The predicted octanol–water partition coefficient (Wildman–Crippen LogP) is 1.14. The highest BCUT2D eigenvalue weighted by molar-refractivity contribution is 8.00. The van der Waals surface area contributed by atoms with E-state index in [1.54, 1.807) is 12.3 Å². The van der Waals surface area contributed by atoms with Gasteiger partial charge in [-0.25, -0.2) is 0 Å². The van der Waals surface area contributed by atoms with Crippen LogP contribution in [0, 0.1) is 0 Å². The fourth-order valence-electron chi connectivity index (χ4n) is 1.33. The lowest BCUT2D eigenvalue weighted by molar-refractivity contribution is -0.133. The third-order valence-corrected chi connectivity index (χ3v) is 2.87. The fraction of sp³-hybridized carbons (Fsp3) is 0.455. The third kappa shape index (κ3) is 6.01. The van der Waals surface area contributed by atoms with Crippen molar-refractivity contribution in [2.75, 3.05) is 11.5 Å². The van der Waals surface area contributed by atoms with Crippen molar-refractivity contribution in [2.24, 2.45) is 0 Å². The lowest BCUT2D eigenvalue weighted by Crippen LogP contribution is -2.35. The molecule has 6 heteroatoms. The van der Waals surface area contributed by atoms with Crippen LogP contribution in [0.5, 0.6) is 0 Å². The minimum atomic E-state index is -0.911. The van der Waals surface area contributed by atoms with E-state index in [1.807, 2.05) is 13.0 Å². The topological polar surface area (TPSA) is 79.5 Å². The minimum Gasteiger partial charge on any atom is -0.481 e. The first kappa shape index (κ1) is 13.6. The molecule has 0 saturated heterocycles. The van der Waals surface area contributed by atoms with E-state index in [-0.39, 0.29) is 23.5 Å². The second-order valence-electron chi connectivity index (χ2n) is 3.64. The lowest BCUT2D eigenvalue weighted by atomic mass is 10.2. The fourth-order valence-corrected chi connectivity index (χ4v) is 1.87. The number of rotatable bonds is 7. The van der Waals surface area contributed by atoms with Crippen LogP contribution in [0.1, 0.15) is 12.7 Å². The van der Waals surface area contributed by atoms with Crippen LogP contribution in [0.2, 0.25) is 0 Å². The summed E-state index contributed by atoms with van der Waals surface area (Å²) in [5, 5.41) is 11.2. The second kappa shape index (κ2) is 7.01. The van der Waals surface area contributed by atoms with E-state index < -0.39 is 5.97 Å². The first-order valence-corrected chi connectivity index (χ1v) is 6.34. The Labute approximate surface area is 104 Å². The summed E-state index contributed by atoms with van der Waals surface area (Å²) in [4.78, 5) is 21.7. The van der Waals surface area contributed by atoms with Gasteiger partial charge < -0.3 is 14.8 Å². The summed E-state index contributed by atoms with van der Waals surface area (Å²) in [6.45, 7) is 1.88. The SMILES string of the molecule is CC(Cc1ccco1)NC(=O)CSCC(=O)O. The number of carboxylic acids is 1. The van der Waals surface area contributed by atoms with Gasteiger partial charge in [-0.15, -0.1) is 11.8 Å². The summed E-state index contributed by atoms with van der Waals surface area (Å²) in [6, 6.07) is 3.62. The number of furan rings is 1. The molecule has 0 aliphatic carbocycles. The zero-order valence-corrected chi connectivity index (χ0v) is 10.3. The summed E-state index contributed by atoms with van der Waals surface area (Å²) in [5.41, 5.74) is 0. The third-order valence-electron chi connectivity index (χ3n) is 1.95.